The summed E-state index contributed by atoms with van der Waals surface area (Å²) in [6, 6.07) is 6.83. The maximum atomic E-state index is 12.9. The van der Waals surface area contributed by atoms with Gasteiger partial charge in [0.05, 0.1) is 0 Å². The van der Waals surface area contributed by atoms with Gasteiger partial charge in [0, 0.05) is 30.7 Å². The molecule has 1 aromatic carbocycles. The summed E-state index contributed by atoms with van der Waals surface area (Å²) in [7, 11) is 0. The third kappa shape index (κ3) is 3.09. The molecule has 1 fully saturated rings. The zero-order valence-corrected chi connectivity index (χ0v) is 11.8. The lowest BCUT2D eigenvalue weighted by atomic mass is 9.91. The van der Waals surface area contributed by atoms with Gasteiger partial charge in [0.15, 0.2) is 0 Å². The monoisotopic (exact) mass is 250 g/mol. The highest BCUT2D eigenvalue weighted by molar-refractivity contribution is 5.17. The lowest BCUT2D eigenvalue weighted by Crippen LogP contribution is -2.65. The highest BCUT2D eigenvalue weighted by atomic mass is 19.1. The molecule has 0 amide bonds. The van der Waals surface area contributed by atoms with Gasteiger partial charge in [0.25, 0.3) is 0 Å². The van der Waals surface area contributed by atoms with Crippen molar-refractivity contribution in [2.45, 2.75) is 45.3 Å². The molecule has 18 heavy (non-hydrogen) atoms. The van der Waals surface area contributed by atoms with Crippen molar-refractivity contribution >= 4 is 0 Å². The van der Waals surface area contributed by atoms with Gasteiger partial charge in [0.2, 0.25) is 0 Å². The molecular weight excluding hydrogens is 227 g/mol. The molecule has 0 aliphatic carbocycles. The Bertz CT molecular complexity index is 409. The summed E-state index contributed by atoms with van der Waals surface area (Å²) in [6.45, 7) is 11.8. The first-order valence-electron chi connectivity index (χ1n) is 6.53. The first-order chi connectivity index (χ1) is 8.28. The highest BCUT2D eigenvalue weighted by Crippen LogP contribution is 2.25. The van der Waals surface area contributed by atoms with E-state index in [0.717, 1.165) is 19.6 Å². The van der Waals surface area contributed by atoms with Crippen LogP contribution in [0.5, 0.6) is 0 Å². The molecule has 0 unspecified atom stereocenters. The molecule has 100 valence electrons. The fraction of sp³-hybridized carbons (Fsp3) is 0.600. The number of piperazine rings is 1. The third-order valence-electron chi connectivity index (χ3n) is 3.73. The van der Waals surface area contributed by atoms with Gasteiger partial charge in [-0.1, -0.05) is 12.1 Å². The Morgan fingerprint density at radius 1 is 1.17 bits per heavy atom. The standard InChI is InChI=1S/C15H23FN2/c1-14(2)11-18(15(3,4)10-17-14)9-12-5-7-13(16)8-6-12/h5-8,17H,9-11H2,1-4H3. The van der Waals surface area contributed by atoms with Gasteiger partial charge in [0.1, 0.15) is 5.82 Å². The van der Waals surface area contributed by atoms with Crippen LogP contribution in [-0.2, 0) is 6.54 Å². The average molecular weight is 250 g/mol. The number of halogens is 1. The van der Waals surface area contributed by atoms with Crippen molar-refractivity contribution in [1.82, 2.24) is 10.2 Å². The van der Waals surface area contributed by atoms with Crippen LogP contribution in [0.3, 0.4) is 0 Å². The van der Waals surface area contributed by atoms with Crippen LogP contribution >= 0.6 is 0 Å². The molecule has 1 heterocycles. The molecule has 0 atom stereocenters. The van der Waals surface area contributed by atoms with Gasteiger partial charge in [-0.25, -0.2) is 4.39 Å². The molecule has 0 spiro atoms. The summed E-state index contributed by atoms with van der Waals surface area (Å²) >= 11 is 0. The summed E-state index contributed by atoms with van der Waals surface area (Å²) in [5.74, 6) is -0.168. The normalized spacial score (nSPS) is 22.9. The predicted octanol–water partition coefficient (Wildman–Crippen LogP) is 2.79. The Balaban J connectivity index is 2.12. The number of rotatable bonds is 2. The summed E-state index contributed by atoms with van der Waals surface area (Å²) in [6.07, 6.45) is 0. The van der Waals surface area contributed by atoms with Crippen LogP contribution in [0.1, 0.15) is 33.3 Å². The van der Waals surface area contributed by atoms with Gasteiger partial charge >= 0.3 is 0 Å². The van der Waals surface area contributed by atoms with Gasteiger partial charge in [-0.2, -0.15) is 0 Å². The van der Waals surface area contributed by atoms with Crippen molar-refractivity contribution in [1.29, 1.82) is 0 Å². The molecule has 0 saturated carbocycles. The first-order valence-corrected chi connectivity index (χ1v) is 6.53. The van der Waals surface area contributed by atoms with Crippen LogP contribution in [0.4, 0.5) is 4.39 Å². The zero-order chi connectivity index (χ0) is 13.4. The van der Waals surface area contributed by atoms with Crippen LogP contribution in [0, 0.1) is 5.82 Å². The predicted molar refractivity (Wildman–Crippen MR) is 73.0 cm³/mol. The second-order valence-corrected chi connectivity index (χ2v) is 6.53. The van der Waals surface area contributed by atoms with Crippen LogP contribution in [0.2, 0.25) is 0 Å². The van der Waals surface area contributed by atoms with E-state index in [1.165, 1.54) is 17.7 Å². The lowest BCUT2D eigenvalue weighted by Gasteiger charge is -2.49. The molecule has 2 nitrogen and oxygen atoms in total. The molecule has 1 aromatic rings. The van der Waals surface area contributed by atoms with Crippen molar-refractivity contribution in [3.8, 4) is 0 Å². The van der Waals surface area contributed by atoms with Crippen molar-refractivity contribution in [3.63, 3.8) is 0 Å². The Labute approximate surface area is 109 Å². The number of nitrogens with one attached hydrogen (secondary N) is 1. The Morgan fingerprint density at radius 3 is 2.39 bits per heavy atom. The Hall–Kier alpha value is -0.930. The minimum Gasteiger partial charge on any atom is -0.309 e. The van der Waals surface area contributed by atoms with Crippen molar-refractivity contribution in [2.24, 2.45) is 0 Å². The lowest BCUT2D eigenvalue weighted by molar-refractivity contribution is 0.0324. The molecule has 3 heteroatoms. The second-order valence-electron chi connectivity index (χ2n) is 6.53. The molecule has 0 radical (unpaired) electrons. The fourth-order valence-electron chi connectivity index (χ4n) is 2.39. The van der Waals surface area contributed by atoms with E-state index in [1.807, 2.05) is 12.1 Å². The summed E-state index contributed by atoms with van der Waals surface area (Å²) in [4.78, 5) is 2.47. The van der Waals surface area contributed by atoms with Gasteiger partial charge in [-0.3, -0.25) is 4.90 Å². The van der Waals surface area contributed by atoms with E-state index in [0.29, 0.717) is 0 Å². The van der Waals surface area contributed by atoms with E-state index < -0.39 is 0 Å². The minimum atomic E-state index is -0.168. The van der Waals surface area contributed by atoms with Crippen molar-refractivity contribution in [3.05, 3.63) is 35.6 Å². The SMILES string of the molecule is CC1(C)CN(Cc2ccc(F)cc2)C(C)(C)CN1. The van der Waals surface area contributed by atoms with Crippen LogP contribution < -0.4 is 5.32 Å². The maximum absolute atomic E-state index is 12.9. The van der Waals surface area contributed by atoms with E-state index in [2.05, 4.69) is 37.9 Å². The van der Waals surface area contributed by atoms with Crippen LogP contribution in [-0.4, -0.2) is 29.1 Å². The second kappa shape index (κ2) is 4.63. The molecule has 2 rings (SSSR count). The van der Waals surface area contributed by atoms with Gasteiger partial charge in [-0.15, -0.1) is 0 Å². The minimum absolute atomic E-state index is 0.129. The highest BCUT2D eigenvalue weighted by Gasteiger charge is 2.37. The smallest absolute Gasteiger partial charge is 0.123 e. The van der Waals surface area contributed by atoms with Crippen LogP contribution in [0.15, 0.2) is 24.3 Å². The van der Waals surface area contributed by atoms with E-state index in [1.54, 1.807) is 0 Å². The molecule has 1 saturated heterocycles. The van der Waals surface area contributed by atoms with E-state index in [-0.39, 0.29) is 16.9 Å². The van der Waals surface area contributed by atoms with Gasteiger partial charge in [-0.05, 0) is 45.4 Å². The fourth-order valence-corrected chi connectivity index (χ4v) is 2.39. The van der Waals surface area contributed by atoms with Gasteiger partial charge < -0.3 is 5.32 Å². The number of hydrogen-bond donors (Lipinski definition) is 1. The van der Waals surface area contributed by atoms with Crippen LogP contribution in [0.25, 0.3) is 0 Å². The van der Waals surface area contributed by atoms with E-state index in [4.69, 9.17) is 0 Å². The molecule has 1 aliphatic rings. The largest absolute Gasteiger partial charge is 0.309 e. The number of hydrogen-bond acceptors (Lipinski definition) is 2. The first kappa shape index (κ1) is 13.5. The summed E-state index contributed by atoms with van der Waals surface area (Å²) < 4.78 is 12.9. The summed E-state index contributed by atoms with van der Waals surface area (Å²) in [5, 5.41) is 3.57. The molecule has 1 N–H and O–H groups in total. The Kier molecular flexibility index (Phi) is 3.47. The van der Waals surface area contributed by atoms with Crippen molar-refractivity contribution < 1.29 is 4.39 Å². The topological polar surface area (TPSA) is 15.3 Å². The molecule has 0 bridgehead atoms. The number of nitrogens with zero attached hydrogens (tertiary/aromatic N) is 1. The van der Waals surface area contributed by atoms with E-state index in [9.17, 15) is 4.39 Å². The zero-order valence-electron chi connectivity index (χ0n) is 11.8. The van der Waals surface area contributed by atoms with E-state index >= 15 is 0 Å². The Morgan fingerprint density at radius 2 is 1.78 bits per heavy atom. The quantitative estimate of drug-likeness (QED) is 0.868. The third-order valence-corrected chi connectivity index (χ3v) is 3.73. The average Bonchev–Trinajstić information content (AvgIpc) is 2.27. The number of benzene rings is 1. The molecule has 1 aliphatic heterocycles. The molecule has 0 aromatic heterocycles. The summed E-state index contributed by atoms with van der Waals surface area (Å²) in [5.41, 5.74) is 1.43. The molecular formula is C15H23FN2. The van der Waals surface area contributed by atoms with Crippen molar-refractivity contribution in [2.75, 3.05) is 13.1 Å². The maximum Gasteiger partial charge on any atom is 0.123 e.